The molecule has 1 N–H and O–H groups in total. The fraction of sp³-hybridized carbons (Fsp3) is 0.692. The molecule has 1 aliphatic heterocycles. The standard InChI is InChI=1S/C13H23N5/c1-14-7-11-8-15-13(16-9-11)18(3)10-12-5-4-6-17(12)2/h8-9,12,14H,4-7,10H2,1-3H3. The van der Waals surface area contributed by atoms with Crippen molar-refractivity contribution in [2.75, 3.05) is 39.1 Å². The molecular formula is C13H23N5. The molecule has 5 heteroatoms. The van der Waals surface area contributed by atoms with Gasteiger partial charge in [0.1, 0.15) is 0 Å². The van der Waals surface area contributed by atoms with Crippen LogP contribution in [0.5, 0.6) is 0 Å². The minimum Gasteiger partial charge on any atom is -0.342 e. The lowest BCUT2D eigenvalue weighted by molar-refractivity contribution is 0.313. The van der Waals surface area contributed by atoms with Crippen LogP contribution in [0.25, 0.3) is 0 Å². The molecule has 0 radical (unpaired) electrons. The summed E-state index contributed by atoms with van der Waals surface area (Å²) >= 11 is 0. The van der Waals surface area contributed by atoms with Gasteiger partial charge in [-0.05, 0) is 33.5 Å². The fourth-order valence-corrected chi connectivity index (χ4v) is 2.45. The summed E-state index contributed by atoms with van der Waals surface area (Å²) in [6.45, 7) is 3.03. The van der Waals surface area contributed by atoms with Gasteiger partial charge in [0.2, 0.25) is 5.95 Å². The fourth-order valence-electron chi connectivity index (χ4n) is 2.45. The van der Waals surface area contributed by atoms with Gasteiger partial charge in [-0.3, -0.25) is 0 Å². The van der Waals surface area contributed by atoms with Crippen molar-refractivity contribution in [1.29, 1.82) is 0 Å². The second-order valence-electron chi connectivity index (χ2n) is 5.08. The summed E-state index contributed by atoms with van der Waals surface area (Å²) in [7, 11) is 6.19. The number of anilines is 1. The van der Waals surface area contributed by atoms with Crippen molar-refractivity contribution in [3.8, 4) is 0 Å². The van der Waals surface area contributed by atoms with Crippen LogP contribution in [0, 0.1) is 0 Å². The zero-order chi connectivity index (χ0) is 13.0. The molecule has 1 aromatic rings. The van der Waals surface area contributed by atoms with Gasteiger partial charge in [-0.15, -0.1) is 0 Å². The Morgan fingerprint density at radius 1 is 1.44 bits per heavy atom. The van der Waals surface area contributed by atoms with Crippen LogP contribution in [-0.4, -0.2) is 55.1 Å². The van der Waals surface area contributed by atoms with Crippen LogP contribution in [0.3, 0.4) is 0 Å². The topological polar surface area (TPSA) is 44.3 Å². The Morgan fingerprint density at radius 3 is 2.72 bits per heavy atom. The van der Waals surface area contributed by atoms with Gasteiger partial charge in [-0.2, -0.15) is 0 Å². The summed E-state index contributed by atoms with van der Waals surface area (Å²) in [6, 6.07) is 0.635. The van der Waals surface area contributed by atoms with Crippen molar-refractivity contribution in [1.82, 2.24) is 20.2 Å². The SMILES string of the molecule is CNCc1cnc(N(C)CC2CCCN2C)nc1. The largest absolute Gasteiger partial charge is 0.342 e. The summed E-state index contributed by atoms with van der Waals surface area (Å²) in [4.78, 5) is 13.4. The van der Waals surface area contributed by atoms with Crippen LogP contribution in [0.15, 0.2) is 12.4 Å². The van der Waals surface area contributed by atoms with Crippen LogP contribution >= 0.6 is 0 Å². The summed E-state index contributed by atoms with van der Waals surface area (Å²) in [5.74, 6) is 0.815. The highest BCUT2D eigenvalue weighted by atomic mass is 15.3. The minimum absolute atomic E-state index is 0.635. The Balaban J connectivity index is 1.93. The van der Waals surface area contributed by atoms with E-state index in [1.54, 1.807) is 0 Å². The van der Waals surface area contributed by atoms with E-state index in [0.717, 1.165) is 24.6 Å². The number of nitrogens with one attached hydrogen (secondary N) is 1. The van der Waals surface area contributed by atoms with Crippen LogP contribution in [0.2, 0.25) is 0 Å². The summed E-state index contributed by atoms with van der Waals surface area (Å²) in [5, 5.41) is 3.10. The third-order valence-corrected chi connectivity index (χ3v) is 3.57. The average Bonchev–Trinajstić information content (AvgIpc) is 2.76. The summed E-state index contributed by atoms with van der Waals surface area (Å²) in [6.07, 6.45) is 6.37. The van der Waals surface area contributed by atoms with Gasteiger partial charge in [0, 0.05) is 44.1 Å². The Morgan fingerprint density at radius 2 is 2.17 bits per heavy atom. The van der Waals surface area contributed by atoms with Gasteiger partial charge in [0.15, 0.2) is 0 Å². The first-order valence-corrected chi connectivity index (χ1v) is 6.57. The molecular weight excluding hydrogens is 226 g/mol. The Bertz CT molecular complexity index is 364. The zero-order valence-corrected chi connectivity index (χ0v) is 11.6. The number of nitrogens with zero attached hydrogens (tertiary/aromatic N) is 4. The first-order valence-electron chi connectivity index (χ1n) is 6.57. The second kappa shape index (κ2) is 6.11. The average molecular weight is 249 g/mol. The lowest BCUT2D eigenvalue weighted by Gasteiger charge is -2.25. The van der Waals surface area contributed by atoms with Crippen molar-refractivity contribution in [3.05, 3.63) is 18.0 Å². The number of likely N-dealkylation sites (N-methyl/N-ethyl adjacent to an activating group) is 2. The van der Waals surface area contributed by atoms with E-state index in [-0.39, 0.29) is 0 Å². The molecule has 18 heavy (non-hydrogen) atoms. The molecule has 1 saturated heterocycles. The molecule has 0 aromatic carbocycles. The maximum atomic E-state index is 4.42. The number of likely N-dealkylation sites (tertiary alicyclic amines) is 1. The lowest BCUT2D eigenvalue weighted by Crippen LogP contribution is -2.37. The first kappa shape index (κ1) is 13.2. The van der Waals surface area contributed by atoms with E-state index in [1.807, 2.05) is 19.4 Å². The third-order valence-electron chi connectivity index (χ3n) is 3.57. The van der Waals surface area contributed by atoms with Crippen LogP contribution in [0.1, 0.15) is 18.4 Å². The molecule has 2 heterocycles. The van der Waals surface area contributed by atoms with Gasteiger partial charge >= 0.3 is 0 Å². The highest BCUT2D eigenvalue weighted by Crippen LogP contribution is 2.17. The normalized spacial score (nSPS) is 20.3. The summed E-state index contributed by atoms with van der Waals surface area (Å²) < 4.78 is 0. The molecule has 1 unspecified atom stereocenters. The van der Waals surface area contributed by atoms with E-state index in [1.165, 1.54) is 19.4 Å². The Hall–Kier alpha value is -1.20. The van der Waals surface area contributed by atoms with E-state index in [2.05, 4.69) is 39.2 Å². The quantitative estimate of drug-likeness (QED) is 0.833. The number of hydrogen-bond donors (Lipinski definition) is 1. The molecule has 100 valence electrons. The van der Waals surface area contributed by atoms with Gasteiger partial charge in [-0.25, -0.2) is 9.97 Å². The van der Waals surface area contributed by atoms with Crippen LogP contribution in [0.4, 0.5) is 5.95 Å². The smallest absolute Gasteiger partial charge is 0.225 e. The van der Waals surface area contributed by atoms with E-state index < -0.39 is 0 Å². The number of rotatable bonds is 5. The molecule has 0 spiro atoms. The maximum absolute atomic E-state index is 4.42. The van der Waals surface area contributed by atoms with Crippen molar-refractivity contribution >= 4 is 5.95 Å². The molecule has 1 aromatic heterocycles. The van der Waals surface area contributed by atoms with Crippen LogP contribution in [-0.2, 0) is 6.54 Å². The predicted molar refractivity (Wildman–Crippen MR) is 73.7 cm³/mol. The third kappa shape index (κ3) is 3.17. The van der Waals surface area contributed by atoms with Gasteiger partial charge in [-0.1, -0.05) is 0 Å². The van der Waals surface area contributed by atoms with E-state index in [0.29, 0.717) is 6.04 Å². The van der Waals surface area contributed by atoms with Gasteiger partial charge < -0.3 is 15.1 Å². The van der Waals surface area contributed by atoms with Crippen molar-refractivity contribution in [2.45, 2.75) is 25.4 Å². The van der Waals surface area contributed by atoms with Gasteiger partial charge in [0.25, 0.3) is 0 Å². The van der Waals surface area contributed by atoms with E-state index in [9.17, 15) is 0 Å². The van der Waals surface area contributed by atoms with Crippen molar-refractivity contribution < 1.29 is 0 Å². The molecule has 1 atom stereocenters. The highest BCUT2D eigenvalue weighted by Gasteiger charge is 2.22. The van der Waals surface area contributed by atoms with Crippen molar-refractivity contribution in [3.63, 3.8) is 0 Å². The Labute approximate surface area is 109 Å². The predicted octanol–water partition coefficient (Wildman–Crippen LogP) is 0.726. The molecule has 0 aliphatic carbocycles. The highest BCUT2D eigenvalue weighted by molar-refractivity contribution is 5.28. The van der Waals surface area contributed by atoms with Gasteiger partial charge in [0.05, 0.1) is 0 Å². The molecule has 0 saturated carbocycles. The minimum atomic E-state index is 0.635. The molecule has 1 fully saturated rings. The van der Waals surface area contributed by atoms with Crippen molar-refractivity contribution in [2.24, 2.45) is 0 Å². The molecule has 2 rings (SSSR count). The lowest BCUT2D eigenvalue weighted by atomic mass is 10.2. The van der Waals surface area contributed by atoms with E-state index >= 15 is 0 Å². The maximum Gasteiger partial charge on any atom is 0.225 e. The van der Waals surface area contributed by atoms with E-state index in [4.69, 9.17) is 0 Å². The molecule has 0 amide bonds. The van der Waals surface area contributed by atoms with Crippen LogP contribution < -0.4 is 10.2 Å². The first-order chi connectivity index (χ1) is 8.70. The molecule has 1 aliphatic rings. The molecule has 0 bridgehead atoms. The summed E-state index contributed by atoms with van der Waals surface area (Å²) in [5.41, 5.74) is 1.12. The zero-order valence-electron chi connectivity index (χ0n) is 11.6. The monoisotopic (exact) mass is 249 g/mol. The second-order valence-corrected chi connectivity index (χ2v) is 5.08. The number of hydrogen-bond acceptors (Lipinski definition) is 5. The molecule has 5 nitrogen and oxygen atoms in total. The Kier molecular flexibility index (Phi) is 4.49. The number of aromatic nitrogens is 2.